The van der Waals surface area contributed by atoms with Crippen LogP contribution in [0.25, 0.3) is 0 Å². The van der Waals surface area contributed by atoms with Gasteiger partial charge in [0.1, 0.15) is 35.1 Å². The molecule has 58 heavy (non-hydrogen) atoms. The number of phenols is 1. The molecule has 17 nitrogen and oxygen atoms in total. The molecule has 318 valence electrons. The number of aryl methyl sites for hydroxylation is 2. The minimum Gasteiger partial charge on any atom is -0.508 e. The van der Waals surface area contributed by atoms with Crippen LogP contribution in [0, 0.1) is 19.3 Å². The van der Waals surface area contributed by atoms with Gasteiger partial charge in [0.25, 0.3) is 0 Å². The van der Waals surface area contributed by atoms with E-state index in [9.17, 15) is 24.3 Å². The molecule has 3 atom stereocenters. The molecule has 0 spiro atoms. The van der Waals surface area contributed by atoms with E-state index in [0.717, 1.165) is 11.1 Å². The second kappa shape index (κ2) is 21.6. The maximum Gasteiger partial charge on any atom is 0.408 e. The zero-order valence-electron chi connectivity index (χ0n) is 34.9. The summed E-state index contributed by atoms with van der Waals surface area (Å²) in [6.45, 7) is 14.6. The number of ether oxygens (including phenoxy) is 2. The quantitative estimate of drug-likeness (QED) is 0.0465. The van der Waals surface area contributed by atoms with Crippen molar-refractivity contribution in [3.05, 3.63) is 76.4 Å². The minimum atomic E-state index is -1.17. The maximum atomic E-state index is 14.4. The first-order valence-corrected chi connectivity index (χ1v) is 19.5. The molecule has 17 heteroatoms. The molecule has 9 N–H and O–H groups in total. The summed E-state index contributed by atoms with van der Waals surface area (Å²) in [7, 11) is 0. The standard InChI is InChI=1S/C41H61N9O8/c1-25-21-28(51)22-26(2)29(25)24-32(47-34(52)30(18-14-20-44-37(42)43)48-39(55)57-41(6,7)8)35(53)46-31(17-12-13-19-45-38(54)56-40(3,4)5)36-49-33(50-58-36)23-27-15-10-9-11-16-27/h9-11,15-16,21-22,30-32,51H,12-14,17-20,23-24H2,1-8H3,(H,45,54)(H,46,53)(H,47,52)(H,48,55)(H4,42,43,44)/t30-,31+,32+/m1/s1. The number of nitrogens with two attached hydrogens (primary N) is 1. The van der Waals surface area contributed by atoms with Gasteiger partial charge in [-0.05, 0) is 122 Å². The molecule has 3 rings (SSSR count). The Bertz CT molecular complexity index is 1810. The highest BCUT2D eigenvalue weighted by molar-refractivity contribution is 5.91. The van der Waals surface area contributed by atoms with Crippen LogP contribution in [0.5, 0.6) is 5.75 Å². The van der Waals surface area contributed by atoms with E-state index < -0.39 is 53.3 Å². The summed E-state index contributed by atoms with van der Waals surface area (Å²) >= 11 is 0. The second-order valence-electron chi connectivity index (χ2n) is 16.2. The maximum absolute atomic E-state index is 14.4. The van der Waals surface area contributed by atoms with Crippen molar-refractivity contribution in [3.8, 4) is 5.75 Å². The fraction of sp³-hybridized carbons (Fsp3) is 0.537. The van der Waals surface area contributed by atoms with Crippen molar-refractivity contribution < 1.29 is 38.3 Å². The van der Waals surface area contributed by atoms with Gasteiger partial charge in [-0.15, -0.1) is 0 Å². The van der Waals surface area contributed by atoms with E-state index in [1.54, 1.807) is 67.5 Å². The first-order valence-electron chi connectivity index (χ1n) is 19.5. The van der Waals surface area contributed by atoms with Gasteiger partial charge >= 0.3 is 12.2 Å². The van der Waals surface area contributed by atoms with Crippen molar-refractivity contribution in [2.45, 2.75) is 130 Å². The average molecular weight is 808 g/mol. The molecule has 0 aliphatic carbocycles. The van der Waals surface area contributed by atoms with Crippen molar-refractivity contribution in [2.75, 3.05) is 13.1 Å². The number of aromatic hydroxyl groups is 1. The molecular formula is C41H61N9O8. The van der Waals surface area contributed by atoms with Crippen molar-refractivity contribution in [2.24, 2.45) is 5.73 Å². The number of unbranched alkanes of at least 4 members (excludes halogenated alkanes) is 1. The normalized spacial score (nSPS) is 13.0. The number of carbonyl (C=O) groups excluding carboxylic acids is 4. The van der Waals surface area contributed by atoms with Gasteiger partial charge in [-0.3, -0.25) is 15.0 Å². The van der Waals surface area contributed by atoms with E-state index in [1.807, 2.05) is 30.3 Å². The van der Waals surface area contributed by atoms with Gasteiger partial charge in [0, 0.05) is 25.9 Å². The van der Waals surface area contributed by atoms with Gasteiger partial charge in [0.05, 0.1) is 0 Å². The Hall–Kier alpha value is -5.87. The monoisotopic (exact) mass is 807 g/mol. The van der Waals surface area contributed by atoms with Crippen LogP contribution in [0.3, 0.4) is 0 Å². The number of guanidine groups is 1. The lowest BCUT2D eigenvalue weighted by Crippen LogP contribution is -2.55. The SMILES string of the molecule is Cc1cc(O)cc(C)c1C[C@H](NC(=O)[C@@H](CCCNC(=N)N)NC(=O)OC(C)(C)C)C(=O)N[C@@H](CCCCNC(=O)OC(C)(C)C)c1nc(Cc2ccccc2)no1. The van der Waals surface area contributed by atoms with E-state index in [0.29, 0.717) is 55.6 Å². The predicted octanol–water partition coefficient (Wildman–Crippen LogP) is 4.72. The topological polar surface area (TPSA) is 256 Å². The first kappa shape index (κ1) is 46.5. The highest BCUT2D eigenvalue weighted by Gasteiger charge is 2.32. The van der Waals surface area contributed by atoms with Gasteiger partial charge in [0.2, 0.25) is 17.7 Å². The molecule has 2 aromatic carbocycles. The molecule has 0 saturated heterocycles. The Balaban J connectivity index is 1.91. The largest absolute Gasteiger partial charge is 0.508 e. The molecule has 3 aromatic rings. The zero-order chi connectivity index (χ0) is 43.0. The summed E-state index contributed by atoms with van der Waals surface area (Å²) in [5.74, 6) is -0.787. The smallest absolute Gasteiger partial charge is 0.408 e. The summed E-state index contributed by atoms with van der Waals surface area (Å²) in [4.78, 5) is 58.2. The van der Waals surface area contributed by atoms with Gasteiger partial charge in [0.15, 0.2) is 11.8 Å². The number of nitrogens with zero attached hydrogens (tertiary/aromatic N) is 2. The molecule has 0 unspecified atom stereocenters. The Morgan fingerprint density at radius 3 is 2.03 bits per heavy atom. The lowest BCUT2D eigenvalue weighted by atomic mass is 9.95. The number of carbonyl (C=O) groups is 4. The molecular weight excluding hydrogens is 747 g/mol. The van der Waals surface area contributed by atoms with Crippen LogP contribution in [-0.4, -0.2) is 81.6 Å². The van der Waals surface area contributed by atoms with Crippen molar-refractivity contribution in [3.63, 3.8) is 0 Å². The van der Waals surface area contributed by atoms with Crippen molar-refractivity contribution in [1.29, 1.82) is 5.41 Å². The molecule has 0 bridgehead atoms. The Morgan fingerprint density at radius 2 is 1.41 bits per heavy atom. The summed E-state index contributed by atoms with van der Waals surface area (Å²) in [6.07, 6.45) is 0.970. The van der Waals surface area contributed by atoms with Gasteiger partial charge in [-0.1, -0.05) is 35.5 Å². The first-order chi connectivity index (χ1) is 27.2. The van der Waals surface area contributed by atoms with Crippen molar-refractivity contribution >= 4 is 30.0 Å². The average Bonchev–Trinajstić information content (AvgIpc) is 3.56. The van der Waals surface area contributed by atoms with E-state index in [-0.39, 0.29) is 37.0 Å². The molecule has 4 amide bonds. The summed E-state index contributed by atoms with van der Waals surface area (Å²) in [5.41, 5.74) is 7.06. The number of phenolic OH excluding ortho intramolecular Hbond substituents is 1. The molecule has 1 heterocycles. The number of nitrogens with one attached hydrogen (secondary N) is 6. The minimum absolute atomic E-state index is 0.0379. The van der Waals surface area contributed by atoms with E-state index in [2.05, 4.69) is 36.7 Å². The van der Waals surface area contributed by atoms with E-state index in [1.165, 1.54) is 0 Å². The van der Waals surface area contributed by atoms with Crippen LogP contribution >= 0.6 is 0 Å². The fourth-order valence-corrected chi connectivity index (χ4v) is 5.99. The number of amides is 4. The lowest BCUT2D eigenvalue weighted by Gasteiger charge is -2.27. The zero-order valence-corrected chi connectivity index (χ0v) is 34.9. The fourth-order valence-electron chi connectivity index (χ4n) is 5.99. The summed E-state index contributed by atoms with van der Waals surface area (Å²) in [6, 6.07) is 9.70. The highest BCUT2D eigenvalue weighted by Crippen LogP contribution is 2.24. The molecule has 0 aliphatic rings. The predicted molar refractivity (Wildman–Crippen MR) is 218 cm³/mol. The van der Waals surface area contributed by atoms with Crippen LogP contribution in [0.1, 0.15) is 114 Å². The number of hydrogen-bond acceptors (Lipinski definition) is 11. The van der Waals surface area contributed by atoms with Crippen LogP contribution in [0.2, 0.25) is 0 Å². The van der Waals surface area contributed by atoms with Crippen LogP contribution < -0.4 is 32.3 Å². The van der Waals surface area contributed by atoms with Crippen LogP contribution in [-0.2, 0) is 31.9 Å². The molecule has 0 saturated carbocycles. The third kappa shape index (κ3) is 17.1. The number of alkyl carbamates (subject to hydrolysis) is 2. The van der Waals surface area contributed by atoms with Crippen LogP contribution in [0.15, 0.2) is 47.0 Å². The Morgan fingerprint density at radius 1 is 0.810 bits per heavy atom. The van der Waals surface area contributed by atoms with Crippen molar-refractivity contribution in [1.82, 2.24) is 36.7 Å². The molecule has 0 fully saturated rings. The third-order valence-corrected chi connectivity index (χ3v) is 8.61. The van der Waals surface area contributed by atoms with E-state index >= 15 is 0 Å². The van der Waals surface area contributed by atoms with Gasteiger partial charge in [-0.25, -0.2) is 9.59 Å². The summed E-state index contributed by atoms with van der Waals surface area (Å²) in [5, 5.41) is 35.8. The second-order valence-corrected chi connectivity index (χ2v) is 16.2. The number of aromatic nitrogens is 2. The molecule has 0 radical (unpaired) electrons. The summed E-state index contributed by atoms with van der Waals surface area (Å²) < 4.78 is 16.5. The molecule has 1 aromatic heterocycles. The number of benzene rings is 2. The Kier molecular flexibility index (Phi) is 17.3. The third-order valence-electron chi connectivity index (χ3n) is 8.61. The van der Waals surface area contributed by atoms with Gasteiger partial charge < -0.3 is 51.4 Å². The van der Waals surface area contributed by atoms with E-state index in [4.69, 9.17) is 25.1 Å². The van der Waals surface area contributed by atoms with Gasteiger partial charge in [-0.2, -0.15) is 4.98 Å². The number of hydrogen-bond donors (Lipinski definition) is 8. The molecule has 0 aliphatic heterocycles. The highest BCUT2D eigenvalue weighted by atomic mass is 16.6. The Labute approximate surface area is 340 Å². The lowest BCUT2D eigenvalue weighted by molar-refractivity contribution is -0.130. The van der Waals surface area contributed by atoms with Crippen LogP contribution in [0.4, 0.5) is 9.59 Å². The number of rotatable bonds is 19.